The molecule has 0 spiro atoms. The molecule has 2 unspecified atom stereocenters. The first-order chi connectivity index (χ1) is 9.78. The van der Waals surface area contributed by atoms with Crippen molar-refractivity contribution in [2.45, 2.75) is 45.9 Å². The molecule has 20 heavy (non-hydrogen) atoms. The van der Waals surface area contributed by atoms with Gasteiger partial charge in [-0.2, -0.15) is 0 Å². The second kappa shape index (κ2) is 7.76. The van der Waals surface area contributed by atoms with Crippen LogP contribution in [0.15, 0.2) is 12.4 Å². The summed E-state index contributed by atoms with van der Waals surface area (Å²) in [6.45, 7) is 12.5. The van der Waals surface area contributed by atoms with Gasteiger partial charge in [0.05, 0.1) is 12.7 Å². The number of hydrogen-bond donors (Lipinski definition) is 1. The van der Waals surface area contributed by atoms with E-state index >= 15 is 0 Å². The fourth-order valence-corrected chi connectivity index (χ4v) is 2.87. The molecule has 0 aromatic carbocycles. The molecule has 2 atom stereocenters. The van der Waals surface area contributed by atoms with Gasteiger partial charge in [-0.25, -0.2) is 4.98 Å². The smallest absolute Gasteiger partial charge is 0.110 e. The zero-order chi connectivity index (χ0) is 14.4. The molecule has 5 nitrogen and oxygen atoms in total. The van der Waals surface area contributed by atoms with Crippen LogP contribution in [-0.2, 0) is 17.7 Å². The van der Waals surface area contributed by atoms with Crippen LogP contribution < -0.4 is 5.32 Å². The third-order valence-corrected chi connectivity index (χ3v) is 4.08. The topological polar surface area (TPSA) is 42.3 Å². The molecule has 1 saturated heterocycles. The second-order valence-electron chi connectivity index (χ2n) is 5.30. The van der Waals surface area contributed by atoms with E-state index in [0.29, 0.717) is 6.04 Å². The minimum atomic E-state index is 0.255. The van der Waals surface area contributed by atoms with Crippen LogP contribution in [0.5, 0.6) is 0 Å². The third-order valence-electron chi connectivity index (χ3n) is 4.08. The molecule has 5 heteroatoms. The second-order valence-corrected chi connectivity index (χ2v) is 5.30. The molecule has 0 radical (unpaired) electrons. The van der Waals surface area contributed by atoms with Crippen LogP contribution in [-0.4, -0.2) is 59.4 Å². The van der Waals surface area contributed by atoms with Crippen molar-refractivity contribution in [3.8, 4) is 0 Å². The molecule has 1 aliphatic heterocycles. The van der Waals surface area contributed by atoms with E-state index in [1.165, 1.54) is 0 Å². The zero-order valence-corrected chi connectivity index (χ0v) is 13.0. The quantitative estimate of drug-likeness (QED) is 0.813. The minimum Gasteiger partial charge on any atom is -0.374 e. The molecule has 2 rings (SSSR count). The van der Waals surface area contributed by atoms with E-state index in [1.807, 2.05) is 6.20 Å². The highest BCUT2D eigenvalue weighted by molar-refractivity contribution is 4.98. The predicted octanol–water partition coefficient (Wildman–Crippen LogP) is 1.14. The van der Waals surface area contributed by atoms with Gasteiger partial charge in [0.25, 0.3) is 0 Å². The number of hydrogen-bond acceptors (Lipinski definition) is 4. The Morgan fingerprint density at radius 1 is 1.40 bits per heavy atom. The number of ether oxygens (including phenoxy) is 1. The van der Waals surface area contributed by atoms with E-state index in [0.717, 1.165) is 51.6 Å². The molecule has 0 bridgehead atoms. The first-order valence-corrected chi connectivity index (χ1v) is 7.85. The highest BCUT2D eigenvalue weighted by Crippen LogP contribution is 2.13. The fraction of sp³-hybridized carbons (Fsp3) is 0.800. The maximum absolute atomic E-state index is 6.01. The Morgan fingerprint density at radius 2 is 2.25 bits per heavy atom. The summed E-state index contributed by atoms with van der Waals surface area (Å²) >= 11 is 0. The number of rotatable bonds is 7. The largest absolute Gasteiger partial charge is 0.374 e. The Bertz CT molecular complexity index is 393. The molecular weight excluding hydrogens is 252 g/mol. The Kier molecular flexibility index (Phi) is 6.01. The number of likely N-dealkylation sites (N-methyl/N-ethyl adjacent to an activating group) is 2. The van der Waals surface area contributed by atoms with Gasteiger partial charge in [0, 0.05) is 44.5 Å². The number of nitrogens with zero attached hydrogens (tertiary/aromatic N) is 3. The SMILES string of the molecule is CCNC(Cc1nccn1CC)C1CN(CC)CCO1. The Morgan fingerprint density at radius 3 is 2.95 bits per heavy atom. The van der Waals surface area contributed by atoms with Crippen LogP contribution in [0.2, 0.25) is 0 Å². The molecule has 1 N–H and O–H groups in total. The van der Waals surface area contributed by atoms with Crippen molar-refractivity contribution in [1.29, 1.82) is 0 Å². The monoisotopic (exact) mass is 280 g/mol. The van der Waals surface area contributed by atoms with Crippen molar-refractivity contribution in [1.82, 2.24) is 19.8 Å². The number of aryl methyl sites for hydroxylation is 1. The highest BCUT2D eigenvalue weighted by atomic mass is 16.5. The predicted molar refractivity (Wildman–Crippen MR) is 80.9 cm³/mol. The summed E-state index contributed by atoms with van der Waals surface area (Å²) < 4.78 is 8.22. The molecular formula is C15H28N4O. The summed E-state index contributed by atoms with van der Waals surface area (Å²) in [7, 11) is 0. The summed E-state index contributed by atoms with van der Waals surface area (Å²) in [4.78, 5) is 6.96. The van der Waals surface area contributed by atoms with Gasteiger partial charge in [-0.15, -0.1) is 0 Å². The summed E-state index contributed by atoms with van der Waals surface area (Å²) in [5.41, 5.74) is 0. The van der Waals surface area contributed by atoms with Crippen LogP contribution in [0.4, 0.5) is 0 Å². The van der Waals surface area contributed by atoms with Crippen LogP contribution in [0.3, 0.4) is 0 Å². The van der Waals surface area contributed by atoms with Crippen molar-refractivity contribution < 1.29 is 4.74 Å². The normalized spacial score (nSPS) is 22.1. The maximum atomic E-state index is 6.01. The van der Waals surface area contributed by atoms with E-state index in [9.17, 15) is 0 Å². The first kappa shape index (κ1) is 15.5. The van der Waals surface area contributed by atoms with Gasteiger partial charge in [-0.3, -0.25) is 4.90 Å². The van der Waals surface area contributed by atoms with Crippen LogP contribution in [0.1, 0.15) is 26.6 Å². The fourth-order valence-electron chi connectivity index (χ4n) is 2.87. The molecule has 1 aliphatic rings. The average Bonchev–Trinajstić information content (AvgIpc) is 2.94. The summed E-state index contributed by atoms with van der Waals surface area (Å²) in [5.74, 6) is 1.15. The van der Waals surface area contributed by atoms with Gasteiger partial charge >= 0.3 is 0 Å². The van der Waals surface area contributed by atoms with Gasteiger partial charge in [-0.05, 0) is 20.0 Å². The van der Waals surface area contributed by atoms with Gasteiger partial charge in [0.1, 0.15) is 5.82 Å². The van der Waals surface area contributed by atoms with Gasteiger partial charge in [0.15, 0.2) is 0 Å². The number of nitrogens with one attached hydrogen (secondary N) is 1. The number of aromatic nitrogens is 2. The van der Waals surface area contributed by atoms with Crippen molar-refractivity contribution >= 4 is 0 Å². The van der Waals surface area contributed by atoms with E-state index < -0.39 is 0 Å². The molecule has 1 aromatic rings. The Hall–Kier alpha value is -0.910. The minimum absolute atomic E-state index is 0.255. The van der Waals surface area contributed by atoms with Crippen molar-refractivity contribution in [3.63, 3.8) is 0 Å². The van der Waals surface area contributed by atoms with Crippen LogP contribution >= 0.6 is 0 Å². The molecule has 0 amide bonds. The molecule has 1 aromatic heterocycles. The van der Waals surface area contributed by atoms with Crippen LogP contribution in [0, 0.1) is 0 Å². The summed E-state index contributed by atoms with van der Waals surface area (Å²) in [5, 5.41) is 3.58. The lowest BCUT2D eigenvalue weighted by Gasteiger charge is -2.36. The molecule has 1 fully saturated rings. The first-order valence-electron chi connectivity index (χ1n) is 7.85. The highest BCUT2D eigenvalue weighted by Gasteiger charge is 2.28. The molecule has 0 aliphatic carbocycles. The van der Waals surface area contributed by atoms with Gasteiger partial charge in [-0.1, -0.05) is 13.8 Å². The van der Waals surface area contributed by atoms with Crippen molar-refractivity contribution in [3.05, 3.63) is 18.2 Å². The summed E-state index contributed by atoms with van der Waals surface area (Å²) in [6, 6.07) is 0.335. The Labute approximate surface area is 122 Å². The van der Waals surface area contributed by atoms with Gasteiger partial charge < -0.3 is 14.6 Å². The van der Waals surface area contributed by atoms with E-state index in [2.05, 4.69) is 46.7 Å². The Balaban J connectivity index is 2.02. The maximum Gasteiger partial charge on any atom is 0.110 e. The molecule has 2 heterocycles. The van der Waals surface area contributed by atoms with Crippen molar-refractivity contribution in [2.75, 3.05) is 32.8 Å². The van der Waals surface area contributed by atoms with Crippen LogP contribution in [0.25, 0.3) is 0 Å². The molecule has 0 saturated carbocycles. The molecule has 114 valence electrons. The van der Waals surface area contributed by atoms with Crippen molar-refractivity contribution in [2.24, 2.45) is 0 Å². The van der Waals surface area contributed by atoms with E-state index in [4.69, 9.17) is 4.74 Å². The third kappa shape index (κ3) is 3.81. The van der Waals surface area contributed by atoms with E-state index in [-0.39, 0.29) is 6.10 Å². The standard InChI is InChI=1S/C15H28N4O/c1-4-16-13(11-15-17-7-8-19(15)6-3)14-12-18(5-2)9-10-20-14/h7-8,13-14,16H,4-6,9-12H2,1-3H3. The number of morpholine rings is 1. The average molecular weight is 280 g/mol. The summed E-state index contributed by atoms with van der Waals surface area (Å²) in [6.07, 6.45) is 5.13. The number of imidazole rings is 1. The zero-order valence-electron chi connectivity index (χ0n) is 13.0. The lowest BCUT2D eigenvalue weighted by molar-refractivity contribution is -0.0448. The van der Waals surface area contributed by atoms with E-state index in [1.54, 1.807) is 0 Å². The van der Waals surface area contributed by atoms with Gasteiger partial charge in [0.2, 0.25) is 0 Å². The lowest BCUT2D eigenvalue weighted by Crippen LogP contribution is -2.53. The lowest BCUT2D eigenvalue weighted by atomic mass is 10.0.